The van der Waals surface area contributed by atoms with Gasteiger partial charge in [-0.05, 0) is 53.8 Å². The summed E-state index contributed by atoms with van der Waals surface area (Å²) < 4.78 is 13.9. The van der Waals surface area contributed by atoms with Crippen LogP contribution >= 0.6 is 0 Å². The van der Waals surface area contributed by atoms with Crippen LogP contribution in [0.1, 0.15) is 53.1 Å². The van der Waals surface area contributed by atoms with E-state index in [1.54, 1.807) is 12.1 Å². The number of aryl methyl sites for hydroxylation is 1. The van der Waals surface area contributed by atoms with Crippen LogP contribution in [0.15, 0.2) is 85.3 Å². The molecule has 5 rings (SSSR count). The topological polar surface area (TPSA) is 90.9 Å². The molecule has 0 saturated carbocycles. The lowest BCUT2D eigenvalue weighted by Crippen LogP contribution is -2.30. The van der Waals surface area contributed by atoms with Crippen molar-refractivity contribution < 1.29 is 4.39 Å². The monoisotopic (exact) mass is 518 g/mol. The van der Waals surface area contributed by atoms with Crippen LogP contribution in [0.3, 0.4) is 0 Å². The van der Waals surface area contributed by atoms with Crippen molar-refractivity contribution >= 4 is 34.8 Å². The van der Waals surface area contributed by atoms with Crippen LogP contribution in [-0.4, -0.2) is 22.2 Å². The quantitative estimate of drug-likeness (QED) is 0.229. The molecule has 0 saturated heterocycles. The van der Waals surface area contributed by atoms with Crippen LogP contribution in [0.5, 0.6) is 0 Å². The Kier molecular flexibility index (Phi) is 6.98. The van der Waals surface area contributed by atoms with Gasteiger partial charge in [0.2, 0.25) is 0 Å². The molecule has 2 heterocycles. The molecule has 7 heteroatoms. The van der Waals surface area contributed by atoms with Gasteiger partial charge in [-0.15, -0.1) is 0 Å². The normalized spacial score (nSPS) is 12.8. The van der Waals surface area contributed by atoms with E-state index in [1.807, 2.05) is 12.1 Å². The maximum Gasteiger partial charge on any atom is 0.141 e. The van der Waals surface area contributed by atoms with Gasteiger partial charge in [0.05, 0.1) is 17.8 Å². The maximum atomic E-state index is 13.9. The van der Waals surface area contributed by atoms with Crippen LogP contribution in [0, 0.1) is 18.2 Å². The smallest absolute Gasteiger partial charge is 0.141 e. The Morgan fingerprint density at radius 1 is 1.08 bits per heavy atom. The number of nitrogens with zero attached hydrogens (tertiary/aromatic N) is 3. The Hall–Kier alpha value is -4.78. The SMILES string of the molecule is C=C1c2c(C)cccc2C=C(CNc2ncnc(N)c2C(=N)c2cccc(F)c2)N1c1ccccc1C(C)C. The first kappa shape index (κ1) is 25.9. The number of fused-ring (bicyclic) bond motifs is 1. The molecular formula is C32H31FN6. The zero-order chi connectivity index (χ0) is 27.7. The summed E-state index contributed by atoms with van der Waals surface area (Å²) in [5.74, 6) is 0.421. The first-order chi connectivity index (χ1) is 18.8. The summed E-state index contributed by atoms with van der Waals surface area (Å²) in [6, 6.07) is 20.5. The molecule has 0 bridgehead atoms. The van der Waals surface area contributed by atoms with E-state index in [-0.39, 0.29) is 11.5 Å². The number of aromatic nitrogens is 2. The molecule has 6 nitrogen and oxygen atoms in total. The second-order valence-electron chi connectivity index (χ2n) is 9.89. The molecular weight excluding hydrogens is 487 g/mol. The van der Waals surface area contributed by atoms with E-state index >= 15 is 0 Å². The lowest BCUT2D eigenvalue weighted by Gasteiger charge is -2.36. The van der Waals surface area contributed by atoms with E-state index in [9.17, 15) is 4.39 Å². The van der Waals surface area contributed by atoms with Gasteiger partial charge in [-0.1, -0.05) is 69.0 Å². The van der Waals surface area contributed by atoms with Crippen LogP contribution in [0.25, 0.3) is 11.8 Å². The number of halogens is 1. The number of para-hydroxylation sites is 1. The van der Waals surface area contributed by atoms with Crippen LogP contribution in [-0.2, 0) is 0 Å². The summed E-state index contributed by atoms with van der Waals surface area (Å²) >= 11 is 0. The molecule has 1 aliphatic heterocycles. The van der Waals surface area contributed by atoms with Gasteiger partial charge in [-0.3, -0.25) is 5.41 Å². The van der Waals surface area contributed by atoms with Gasteiger partial charge in [0.15, 0.2) is 0 Å². The molecule has 0 fully saturated rings. The Labute approximate surface area is 228 Å². The molecule has 0 amide bonds. The van der Waals surface area contributed by atoms with Crippen LogP contribution in [0.4, 0.5) is 21.7 Å². The number of benzene rings is 3. The van der Waals surface area contributed by atoms with Crippen molar-refractivity contribution in [3.8, 4) is 0 Å². The number of anilines is 3. The minimum Gasteiger partial charge on any atom is -0.383 e. The minimum absolute atomic E-state index is 0.0418. The lowest BCUT2D eigenvalue weighted by atomic mass is 9.92. The Morgan fingerprint density at radius 2 is 1.85 bits per heavy atom. The summed E-state index contributed by atoms with van der Waals surface area (Å²) in [4.78, 5) is 10.7. The largest absolute Gasteiger partial charge is 0.383 e. The van der Waals surface area contributed by atoms with Crippen molar-refractivity contribution in [2.45, 2.75) is 26.7 Å². The summed E-state index contributed by atoms with van der Waals surface area (Å²) in [7, 11) is 0. The fourth-order valence-corrected chi connectivity index (χ4v) is 5.09. The van der Waals surface area contributed by atoms with E-state index in [0.717, 1.165) is 33.8 Å². The Morgan fingerprint density at radius 3 is 2.62 bits per heavy atom. The maximum absolute atomic E-state index is 13.9. The first-order valence-corrected chi connectivity index (χ1v) is 12.8. The number of nitrogens with one attached hydrogen (secondary N) is 2. The molecule has 1 aromatic heterocycles. The van der Waals surface area contributed by atoms with Crippen molar-refractivity contribution in [1.29, 1.82) is 5.41 Å². The Balaban J connectivity index is 1.57. The second-order valence-corrected chi connectivity index (χ2v) is 9.89. The highest BCUT2D eigenvalue weighted by atomic mass is 19.1. The van der Waals surface area contributed by atoms with Crippen molar-refractivity contribution in [2.75, 3.05) is 22.5 Å². The standard InChI is InChI=1S/C32H31FN6/c1-19(2)26-13-5-6-14-27(26)39-21(4)28-20(3)9-7-10-22(28)16-25(39)17-36-32-29(31(35)37-18-38-32)30(34)23-11-8-12-24(33)15-23/h5-16,18-19,34H,4,17H2,1-3H3,(H3,35,36,37,38). The molecule has 0 spiro atoms. The molecule has 3 aromatic carbocycles. The molecule has 0 unspecified atom stereocenters. The van der Waals surface area contributed by atoms with E-state index in [0.29, 0.717) is 29.4 Å². The van der Waals surface area contributed by atoms with E-state index in [1.165, 1.54) is 24.0 Å². The highest BCUT2D eigenvalue weighted by molar-refractivity contribution is 6.16. The molecule has 0 aliphatic carbocycles. The van der Waals surface area contributed by atoms with Crippen molar-refractivity contribution in [3.05, 3.63) is 125 Å². The number of rotatable bonds is 7. The highest BCUT2D eigenvalue weighted by Gasteiger charge is 2.27. The van der Waals surface area contributed by atoms with Gasteiger partial charge in [0.25, 0.3) is 0 Å². The molecule has 196 valence electrons. The van der Waals surface area contributed by atoms with Gasteiger partial charge < -0.3 is 16.0 Å². The van der Waals surface area contributed by atoms with Crippen LogP contribution in [0.2, 0.25) is 0 Å². The van der Waals surface area contributed by atoms with E-state index in [4.69, 9.17) is 11.1 Å². The van der Waals surface area contributed by atoms with Crippen molar-refractivity contribution in [1.82, 2.24) is 9.97 Å². The molecule has 0 radical (unpaired) electrons. The fraction of sp³-hybridized carbons (Fsp3) is 0.156. The summed E-state index contributed by atoms with van der Waals surface area (Å²) in [6.07, 6.45) is 3.52. The molecule has 4 aromatic rings. The third-order valence-electron chi connectivity index (χ3n) is 6.95. The average molecular weight is 519 g/mol. The summed E-state index contributed by atoms with van der Waals surface area (Å²) in [5.41, 5.74) is 14.5. The molecule has 39 heavy (non-hydrogen) atoms. The molecule has 1 aliphatic rings. The second kappa shape index (κ2) is 10.5. The predicted molar refractivity (Wildman–Crippen MR) is 158 cm³/mol. The fourth-order valence-electron chi connectivity index (χ4n) is 5.09. The molecule has 4 N–H and O–H groups in total. The first-order valence-electron chi connectivity index (χ1n) is 12.8. The number of hydrogen-bond acceptors (Lipinski definition) is 6. The third-order valence-corrected chi connectivity index (χ3v) is 6.95. The lowest BCUT2D eigenvalue weighted by molar-refractivity contribution is 0.627. The minimum atomic E-state index is -0.429. The third kappa shape index (κ3) is 4.91. The molecule has 0 atom stereocenters. The predicted octanol–water partition coefficient (Wildman–Crippen LogP) is 6.99. The van der Waals surface area contributed by atoms with Crippen molar-refractivity contribution in [2.24, 2.45) is 0 Å². The average Bonchev–Trinajstić information content (AvgIpc) is 2.91. The van der Waals surface area contributed by atoms with Gasteiger partial charge >= 0.3 is 0 Å². The summed E-state index contributed by atoms with van der Waals surface area (Å²) in [5, 5.41) is 12.2. The summed E-state index contributed by atoms with van der Waals surface area (Å²) in [6.45, 7) is 11.4. The zero-order valence-electron chi connectivity index (χ0n) is 22.3. The van der Waals surface area contributed by atoms with Gasteiger partial charge in [-0.2, -0.15) is 0 Å². The van der Waals surface area contributed by atoms with Crippen molar-refractivity contribution in [3.63, 3.8) is 0 Å². The van der Waals surface area contributed by atoms with Gasteiger partial charge in [0, 0.05) is 28.2 Å². The number of nitrogens with two attached hydrogens (primary N) is 1. The zero-order valence-corrected chi connectivity index (χ0v) is 22.3. The van der Waals surface area contributed by atoms with Gasteiger partial charge in [0.1, 0.15) is 23.8 Å². The van der Waals surface area contributed by atoms with Gasteiger partial charge in [-0.25, -0.2) is 14.4 Å². The van der Waals surface area contributed by atoms with E-state index in [2.05, 4.69) is 83.9 Å². The van der Waals surface area contributed by atoms with E-state index < -0.39 is 5.82 Å². The number of hydrogen-bond donors (Lipinski definition) is 3. The number of nitrogen functional groups attached to an aromatic ring is 1. The van der Waals surface area contributed by atoms with Crippen LogP contribution < -0.4 is 16.0 Å². The highest BCUT2D eigenvalue weighted by Crippen LogP contribution is 2.41. The Bertz CT molecular complexity index is 1620.